The van der Waals surface area contributed by atoms with Crippen molar-refractivity contribution in [2.45, 2.75) is 0 Å². The average Bonchev–Trinajstić information content (AvgIpc) is 3.63. The summed E-state index contributed by atoms with van der Waals surface area (Å²) in [6.45, 7) is 0. The van der Waals surface area contributed by atoms with E-state index in [0.717, 1.165) is 22.3 Å². The highest BCUT2D eigenvalue weighted by atomic mass is 32.1. The van der Waals surface area contributed by atoms with Crippen molar-refractivity contribution in [3.63, 3.8) is 0 Å². The fraction of sp³-hybridized carbons (Fsp3) is 0. The van der Waals surface area contributed by atoms with E-state index < -0.39 is 0 Å². The second kappa shape index (κ2) is 13.1. The third-order valence-corrected chi connectivity index (χ3v) is 11.2. The number of thiophene rings is 1. The van der Waals surface area contributed by atoms with Gasteiger partial charge in [0.05, 0.1) is 0 Å². The van der Waals surface area contributed by atoms with E-state index in [4.69, 9.17) is 15.0 Å². The lowest BCUT2D eigenvalue weighted by Gasteiger charge is -2.15. The molecule has 0 aliphatic heterocycles. The van der Waals surface area contributed by atoms with E-state index in [2.05, 4.69) is 170 Å². The lowest BCUT2D eigenvalue weighted by molar-refractivity contribution is 1.08. The molecule has 0 atom stereocenters. The molecule has 0 spiro atoms. The summed E-state index contributed by atoms with van der Waals surface area (Å²) in [5.41, 5.74) is 10.1. The fourth-order valence-corrected chi connectivity index (χ4v) is 8.65. The summed E-state index contributed by atoms with van der Waals surface area (Å²) < 4.78 is 2.43. The van der Waals surface area contributed by atoms with Crippen molar-refractivity contribution in [3.05, 3.63) is 188 Å². The van der Waals surface area contributed by atoms with Gasteiger partial charge < -0.3 is 0 Å². The summed E-state index contributed by atoms with van der Waals surface area (Å²) in [6, 6.07) is 66.4. The van der Waals surface area contributed by atoms with Crippen LogP contribution in [0, 0.1) is 0 Å². The summed E-state index contributed by atoms with van der Waals surface area (Å²) in [5, 5.41) is 4.95. The minimum absolute atomic E-state index is 0.647. The molecule has 0 fully saturated rings. The number of benzene rings is 8. The Morgan fingerprint density at radius 1 is 0.264 bits per heavy atom. The molecule has 248 valence electrons. The predicted molar refractivity (Wildman–Crippen MR) is 223 cm³/mol. The topological polar surface area (TPSA) is 38.7 Å². The normalized spacial score (nSPS) is 11.4. The number of fused-ring (bicyclic) bond motifs is 4. The van der Waals surface area contributed by atoms with Gasteiger partial charge in [0, 0.05) is 36.9 Å². The molecule has 10 aromatic rings. The fourth-order valence-electron chi connectivity index (χ4n) is 7.44. The molecule has 0 aliphatic carbocycles. The predicted octanol–water partition coefficient (Wildman–Crippen LogP) is 13.4. The second-order valence-electron chi connectivity index (χ2n) is 13.1. The largest absolute Gasteiger partial charge is 0.208 e. The highest BCUT2D eigenvalue weighted by molar-refractivity contribution is 7.26. The van der Waals surface area contributed by atoms with Crippen molar-refractivity contribution >= 4 is 42.3 Å². The van der Waals surface area contributed by atoms with Crippen LogP contribution < -0.4 is 0 Å². The number of nitrogens with zero attached hydrogens (tertiary/aromatic N) is 3. The number of rotatable bonds is 6. The van der Waals surface area contributed by atoms with Crippen LogP contribution in [-0.4, -0.2) is 15.0 Å². The molecule has 0 radical (unpaired) electrons. The molecular weight excluding hydrogens is 663 g/mol. The van der Waals surface area contributed by atoms with Gasteiger partial charge in [-0.1, -0.05) is 176 Å². The molecule has 53 heavy (non-hydrogen) atoms. The summed E-state index contributed by atoms with van der Waals surface area (Å²) in [4.78, 5) is 15.2. The van der Waals surface area contributed by atoms with E-state index >= 15 is 0 Å². The Kier molecular flexibility index (Phi) is 7.67. The molecule has 0 aliphatic rings. The number of hydrogen-bond donors (Lipinski definition) is 0. The first-order chi connectivity index (χ1) is 26.3. The third kappa shape index (κ3) is 5.57. The molecular formula is C49H31N3S. The molecule has 0 amide bonds. The SMILES string of the molecule is c1ccc(-c2nc(-c3ccc(-c4ccccc4-c4ccc(-c5ccccc5)c5ccccc45)cc3)nc(-c3cccc4c3sc3ccccc34)n2)cc1. The first-order valence-corrected chi connectivity index (χ1v) is 18.6. The van der Waals surface area contributed by atoms with Gasteiger partial charge in [-0.05, 0) is 56.3 Å². The van der Waals surface area contributed by atoms with Gasteiger partial charge >= 0.3 is 0 Å². The van der Waals surface area contributed by atoms with Crippen LogP contribution in [0.15, 0.2) is 188 Å². The van der Waals surface area contributed by atoms with Crippen molar-refractivity contribution in [1.29, 1.82) is 0 Å². The second-order valence-corrected chi connectivity index (χ2v) is 14.2. The summed E-state index contributed by atoms with van der Waals surface area (Å²) in [5.74, 6) is 1.98. The van der Waals surface area contributed by atoms with Crippen LogP contribution in [0.4, 0.5) is 0 Å². The molecule has 3 nitrogen and oxygen atoms in total. The Bertz CT molecular complexity index is 2930. The minimum atomic E-state index is 0.647. The Morgan fingerprint density at radius 2 is 0.736 bits per heavy atom. The van der Waals surface area contributed by atoms with Crippen molar-refractivity contribution in [2.75, 3.05) is 0 Å². The van der Waals surface area contributed by atoms with Gasteiger partial charge in [0.25, 0.3) is 0 Å². The maximum Gasteiger partial charge on any atom is 0.165 e. The van der Waals surface area contributed by atoms with Crippen molar-refractivity contribution in [3.8, 4) is 67.5 Å². The lowest BCUT2D eigenvalue weighted by Crippen LogP contribution is -2.00. The molecule has 0 bridgehead atoms. The molecule has 10 rings (SSSR count). The highest BCUT2D eigenvalue weighted by Gasteiger charge is 2.18. The van der Waals surface area contributed by atoms with E-state index in [1.807, 2.05) is 18.2 Å². The minimum Gasteiger partial charge on any atom is -0.208 e. The Hall–Kier alpha value is -6.75. The summed E-state index contributed by atoms with van der Waals surface area (Å²) in [6.07, 6.45) is 0. The van der Waals surface area contributed by atoms with Crippen LogP contribution in [0.2, 0.25) is 0 Å². The lowest BCUT2D eigenvalue weighted by atomic mass is 9.88. The smallest absolute Gasteiger partial charge is 0.165 e. The molecule has 0 N–H and O–H groups in total. The highest BCUT2D eigenvalue weighted by Crippen LogP contribution is 2.41. The third-order valence-electron chi connectivity index (χ3n) is 9.99. The number of hydrogen-bond acceptors (Lipinski definition) is 4. The van der Waals surface area contributed by atoms with Crippen LogP contribution >= 0.6 is 11.3 Å². The summed E-state index contributed by atoms with van der Waals surface area (Å²) >= 11 is 1.79. The van der Waals surface area contributed by atoms with Gasteiger partial charge in [-0.2, -0.15) is 0 Å². The van der Waals surface area contributed by atoms with Crippen molar-refractivity contribution in [2.24, 2.45) is 0 Å². The van der Waals surface area contributed by atoms with Gasteiger partial charge in [-0.15, -0.1) is 11.3 Å². The summed E-state index contributed by atoms with van der Waals surface area (Å²) in [7, 11) is 0. The van der Waals surface area contributed by atoms with Crippen LogP contribution in [0.1, 0.15) is 0 Å². The van der Waals surface area contributed by atoms with E-state index in [1.165, 1.54) is 58.8 Å². The van der Waals surface area contributed by atoms with E-state index in [1.54, 1.807) is 11.3 Å². The van der Waals surface area contributed by atoms with Gasteiger partial charge in [-0.25, -0.2) is 15.0 Å². The van der Waals surface area contributed by atoms with Gasteiger partial charge in [0.15, 0.2) is 17.5 Å². The van der Waals surface area contributed by atoms with Crippen LogP contribution in [-0.2, 0) is 0 Å². The zero-order chi connectivity index (χ0) is 35.1. The first-order valence-electron chi connectivity index (χ1n) is 17.8. The molecule has 0 unspecified atom stereocenters. The van der Waals surface area contributed by atoms with Gasteiger partial charge in [0.2, 0.25) is 0 Å². The number of aromatic nitrogens is 3. The Balaban J connectivity index is 1.08. The van der Waals surface area contributed by atoms with Crippen LogP contribution in [0.25, 0.3) is 98.5 Å². The Labute approximate surface area is 311 Å². The average molecular weight is 694 g/mol. The molecule has 0 saturated heterocycles. The zero-order valence-corrected chi connectivity index (χ0v) is 29.5. The standard InChI is InChI=1S/C49H31N3S/c1-3-14-32(15-4-1)37-30-31-41(40-21-10-9-20-39(37)40)38-19-8-7-18-36(38)33-26-28-35(29-27-33)48-50-47(34-16-5-2-6-17-34)51-49(52-48)44-24-13-23-43-42-22-11-12-25-45(42)53-46(43)44/h1-31H. The van der Waals surface area contributed by atoms with Crippen molar-refractivity contribution < 1.29 is 0 Å². The van der Waals surface area contributed by atoms with Crippen LogP contribution in [0.5, 0.6) is 0 Å². The van der Waals surface area contributed by atoms with Crippen molar-refractivity contribution in [1.82, 2.24) is 15.0 Å². The van der Waals surface area contributed by atoms with Gasteiger partial charge in [0.1, 0.15) is 0 Å². The van der Waals surface area contributed by atoms with Crippen LogP contribution in [0.3, 0.4) is 0 Å². The maximum absolute atomic E-state index is 5.14. The Morgan fingerprint density at radius 3 is 1.47 bits per heavy atom. The molecule has 4 heteroatoms. The van der Waals surface area contributed by atoms with E-state index in [0.29, 0.717) is 17.5 Å². The van der Waals surface area contributed by atoms with E-state index in [9.17, 15) is 0 Å². The zero-order valence-electron chi connectivity index (χ0n) is 28.6. The van der Waals surface area contributed by atoms with E-state index in [-0.39, 0.29) is 0 Å². The first kappa shape index (κ1) is 31.0. The molecule has 0 saturated carbocycles. The van der Waals surface area contributed by atoms with Gasteiger partial charge in [-0.3, -0.25) is 0 Å². The monoisotopic (exact) mass is 693 g/mol. The maximum atomic E-state index is 5.14. The molecule has 2 aromatic heterocycles. The molecule has 2 heterocycles. The molecule has 8 aromatic carbocycles. The quantitative estimate of drug-likeness (QED) is 0.174.